The molecule has 0 saturated carbocycles. The Morgan fingerprint density at radius 1 is 1.14 bits per heavy atom. The van der Waals surface area contributed by atoms with Crippen LogP contribution in [0.1, 0.15) is 30.7 Å². The highest BCUT2D eigenvalue weighted by Gasteiger charge is 2.18. The first-order valence-electron chi connectivity index (χ1n) is 9.06. The number of aryl methyl sites for hydroxylation is 1. The molecule has 0 atom stereocenters. The summed E-state index contributed by atoms with van der Waals surface area (Å²) in [6.07, 6.45) is 1.07. The van der Waals surface area contributed by atoms with Gasteiger partial charge < -0.3 is 19.5 Å². The van der Waals surface area contributed by atoms with Gasteiger partial charge in [0.2, 0.25) is 11.7 Å². The van der Waals surface area contributed by atoms with Crippen molar-refractivity contribution in [3.8, 4) is 23.3 Å². The molecular weight excluding hydrogens is 376 g/mol. The van der Waals surface area contributed by atoms with Crippen molar-refractivity contribution >= 4 is 11.6 Å². The monoisotopic (exact) mass is 400 g/mol. The average Bonchev–Trinajstić information content (AvgIpc) is 2.73. The SMILES string of the molecule is CCc1nn(CC(=O)Nc2cc(OC)c(OC)c(OC)c2)c(=O)c(C#N)c1CC. The lowest BCUT2D eigenvalue weighted by atomic mass is 10.0. The third kappa shape index (κ3) is 4.48. The number of nitrogens with zero attached hydrogens (tertiary/aromatic N) is 3. The highest BCUT2D eigenvalue weighted by atomic mass is 16.5. The first-order valence-corrected chi connectivity index (χ1v) is 9.06. The van der Waals surface area contributed by atoms with E-state index in [1.807, 2.05) is 19.9 Å². The van der Waals surface area contributed by atoms with Crippen LogP contribution in [0.15, 0.2) is 16.9 Å². The van der Waals surface area contributed by atoms with E-state index in [-0.39, 0.29) is 12.1 Å². The summed E-state index contributed by atoms with van der Waals surface area (Å²) in [4.78, 5) is 25.1. The van der Waals surface area contributed by atoms with Crippen LogP contribution in [0.25, 0.3) is 0 Å². The van der Waals surface area contributed by atoms with Crippen LogP contribution in [0, 0.1) is 11.3 Å². The molecule has 2 aromatic rings. The molecule has 1 amide bonds. The number of methoxy groups -OCH3 is 3. The first-order chi connectivity index (χ1) is 13.9. The van der Waals surface area contributed by atoms with Crippen LogP contribution in [-0.4, -0.2) is 37.0 Å². The number of ether oxygens (including phenoxy) is 3. The van der Waals surface area contributed by atoms with Gasteiger partial charge in [-0.1, -0.05) is 13.8 Å². The predicted octanol–water partition coefficient (Wildman–Crippen LogP) is 1.90. The van der Waals surface area contributed by atoms with Crippen molar-refractivity contribution in [1.29, 1.82) is 5.26 Å². The second-order valence-corrected chi connectivity index (χ2v) is 6.04. The fraction of sp³-hybridized carbons (Fsp3) is 0.400. The second kappa shape index (κ2) is 9.59. The third-order valence-corrected chi connectivity index (χ3v) is 4.38. The molecule has 1 aromatic heterocycles. The van der Waals surface area contributed by atoms with Crippen LogP contribution in [-0.2, 0) is 24.2 Å². The number of nitriles is 1. The van der Waals surface area contributed by atoms with Crippen molar-refractivity contribution in [1.82, 2.24) is 9.78 Å². The summed E-state index contributed by atoms with van der Waals surface area (Å²) in [6, 6.07) is 5.10. The molecule has 0 saturated heterocycles. The minimum atomic E-state index is -0.582. The van der Waals surface area contributed by atoms with Gasteiger partial charge in [0.05, 0.1) is 27.0 Å². The van der Waals surface area contributed by atoms with Gasteiger partial charge in [-0.15, -0.1) is 0 Å². The van der Waals surface area contributed by atoms with Crippen molar-refractivity contribution in [2.45, 2.75) is 33.2 Å². The van der Waals surface area contributed by atoms with Gasteiger partial charge in [-0.2, -0.15) is 10.4 Å². The maximum Gasteiger partial charge on any atom is 0.285 e. The van der Waals surface area contributed by atoms with Gasteiger partial charge in [0.15, 0.2) is 11.5 Å². The van der Waals surface area contributed by atoms with Gasteiger partial charge in [0.1, 0.15) is 18.2 Å². The number of hydrogen-bond donors (Lipinski definition) is 1. The molecule has 1 heterocycles. The van der Waals surface area contributed by atoms with Gasteiger partial charge in [-0.3, -0.25) is 9.59 Å². The molecule has 0 aliphatic heterocycles. The fourth-order valence-electron chi connectivity index (χ4n) is 3.03. The Morgan fingerprint density at radius 3 is 2.21 bits per heavy atom. The van der Waals surface area contributed by atoms with E-state index in [1.165, 1.54) is 21.3 Å². The number of benzene rings is 1. The van der Waals surface area contributed by atoms with Crippen molar-refractivity contribution in [2.24, 2.45) is 0 Å². The molecule has 0 radical (unpaired) electrons. The third-order valence-electron chi connectivity index (χ3n) is 4.38. The van der Waals surface area contributed by atoms with E-state index in [2.05, 4.69) is 10.4 Å². The zero-order chi connectivity index (χ0) is 21.6. The van der Waals surface area contributed by atoms with Crippen LogP contribution >= 0.6 is 0 Å². The van der Waals surface area contributed by atoms with E-state index in [4.69, 9.17) is 14.2 Å². The lowest BCUT2D eigenvalue weighted by molar-refractivity contribution is -0.117. The second-order valence-electron chi connectivity index (χ2n) is 6.04. The molecule has 0 fully saturated rings. The Kier molecular flexibility index (Phi) is 7.20. The molecule has 154 valence electrons. The number of carbonyl (C=O) groups is 1. The van der Waals surface area contributed by atoms with Crippen LogP contribution in [0.5, 0.6) is 17.2 Å². The molecule has 0 spiro atoms. The number of amides is 1. The largest absolute Gasteiger partial charge is 0.493 e. The Bertz CT molecular complexity index is 982. The topological polar surface area (TPSA) is 115 Å². The Labute approximate surface area is 168 Å². The molecule has 9 heteroatoms. The molecule has 2 rings (SSSR count). The Morgan fingerprint density at radius 2 is 1.76 bits per heavy atom. The smallest absolute Gasteiger partial charge is 0.285 e. The highest BCUT2D eigenvalue weighted by Crippen LogP contribution is 2.39. The summed E-state index contributed by atoms with van der Waals surface area (Å²) >= 11 is 0. The van der Waals surface area contributed by atoms with Crippen LogP contribution in [0.2, 0.25) is 0 Å². The lowest BCUT2D eigenvalue weighted by Crippen LogP contribution is -2.33. The fourth-order valence-corrected chi connectivity index (χ4v) is 3.03. The van der Waals surface area contributed by atoms with Crippen molar-refractivity contribution in [3.63, 3.8) is 0 Å². The quantitative estimate of drug-likeness (QED) is 0.719. The minimum Gasteiger partial charge on any atom is -0.493 e. The molecule has 0 aliphatic carbocycles. The molecule has 0 aliphatic rings. The van der Waals surface area contributed by atoms with Crippen molar-refractivity contribution < 1.29 is 19.0 Å². The summed E-state index contributed by atoms with van der Waals surface area (Å²) in [5.74, 6) is 0.672. The number of hydrogen-bond acceptors (Lipinski definition) is 7. The minimum absolute atomic E-state index is 0.0277. The number of nitrogens with one attached hydrogen (secondary N) is 1. The predicted molar refractivity (Wildman–Crippen MR) is 107 cm³/mol. The highest BCUT2D eigenvalue weighted by molar-refractivity contribution is 5.91. The van der Waals surface area contributed by atoms with E-state index < -0.39 is 11.5 Å². The van der Waals surface area contributed by atoms with E-state index >= 15 is 0 Å². The van der Waals surface area contributed by atoms with Crippen LogP contribution in [0.4, 0.5) is 5.69 Å². The zero-order valence-electron chi connectivity index (χ0n) is 17.2. The van der Waals surface area contributed by atoms with Crippen LogP contribution < -0.4 is 25.1 Å². The van der Waals surface area contributed by atoms with E-state index in [1.54, 1.807) is 12.1 Å². The van der Waals surface area contributed by atoms with Crippen molar-refractivity contribution in [3.05, 3.63) is 39.3 Å². The van der Waals surface area contributed by atoms with Gasteiger partial charge in [-0.25, -0.2) is 4.68 Å². The normalized spacial score (nSPS) is 10.2. The summed E-state index contributed by atoms with van der Waals surface area (Å²) in [6.45, 7) is 3.41. The van der Waals surface area contributed by atoms with Gasteiger partial charge in [-0.05, 0) is 18.4 Å². The molecule has 0 unspecified atom stereocenters. The summed E-state index contributed by atoms with van der Waals surface area (Å²) in [5, 5.41) is 16.3. The van der Waals surface area contributed by atoms with E-state index in [0.717, 1.165) is 4.68 Å². The lowest BCUT2D eigenvalue weighted by Gasteiger charge is -2.15. The van der Waals surface area contributed by atoms with Gasteiger partial charge in [0.25, 0.3) is 5.56 Å². The average molecular weight is 400 g/mol. The molecule has 29 heavy (non-hydrogen) atoms. The number of aromatic nitrogens is 2. The Balaban J connectivity index is 2.35. The summed E-state index contributed by atoms with van der Waals surface area (Å²) in [5.41, 5.74) is 1.10. The number of rotatable bonds is 8. The summed E-state index contributed by atoms with van der Waals surface area (Å²) in [7, 11) is 4.42. The maximum absolute atomic E-state index is 12.6. The molecule has 0 bridgehead atoms. The maximum atomic E-state index is 12.6. The standard InChI is InChI=1S/C20H24N4O5/c1-6-13-14(10-21)20(26)24(23-15(13)7-2)11-18(25)22-12-8-16(27-3)19(29-5)17(9-12)28-4/h8-9H,6-7,11H2,1-5H3,(H,22,25). The van der Waals surface area contributed by atoms with Gasteiger partial charge in [0, 0.05) is 17.8 Å². The number of anilines is 1. The van der Waals surface area contributed by atoms with Gasteiger partial charge >= 0.3 is 0 Å². The molecule has 9 nitrogen and oxygen atoms in total. The summed E-state index contributed by atoms with van der Waals surface area (Å²) < 4.78 is 16.8. The van der Waals surface area contributed by atoms with E-state index in [0.29, 0.717) is 47.0 Å². The zero-order valence-corrected chi connectivity index (χ0v) is 17.2. The molecule has 1 aromatic carbocycles. The molecule has 1 N–H and O–H groups in total. The first kappa shape index (κ1) is 21.8. The van der Waals surface area contributed by atoms with E-state index in [9.17, 15) is 14.9 Å². The number of carbonyl (C=O) groups excluding carboxylic acids is 1. The van der Waals surface area contributed by atoms with Crippen LogP contribution in [0.3, 0.4) is 0 Å². The molecular formula is C20H24N4O5. The van der Waals surface area contributed by atoms with Crippen molar-refractivity contribution in [2.75, 3.05) is 26.6 Å². The Hall–Kier alpha value is -3.54.